The number of esters is 1. The lowest BCUT2D eigenvalue weighted by Crippen LogP contribution is -2.74. The Morgan fingerprint density at radius 2 is 1.81 bits per heavy atom. The third-order valence-electron chi connectivity index (χ3n) is 7.64. The van der Waals surface area contributed by atoms with Gasteiger partial charge in [0.05, 0.1) is 11.3 Å². The van der Waals surface area contributed by atoms with Crippen LogP contribution in [0, 0.1) is 5.41 Å². The fourth-order valence-corrected chi connectivity index (χ4v) is 10.4. The molecular formula is C31H27ClN6O5S5. The van der Waals surface area contributed by atoms with E-state index in [1.807, 2.05) is 66.9 Å². The molecule has 3 amide bonds. The normalized spacial score (nSPS) is 20.5. The van der Waals surface area contributed by atoms with E-state index in [9.17, 15) is 19.2 Å². The number of rotatable bonds is 13. The van der Waals surface area contributed by atoms with Gasteiger partial charge in [-0.25, -0.2) is 4.98 Å². The van der Waals surface area contributed by atoms with E-state index in [-0.39, 0.29) is 23.7 Å². The predicted molar refractivity (Wildman–Crippen MR) is 191 cm³/mol. The summed E-state index contributed by atoms with van der Waals surface area (Å²) in [6.07, 6.45) is 1.76. The Bertz CT molecular complexity index is 1790. The minimum Gasteiger partial charge on any atom is -0.452 e. The Balaban J connectivity index is 1.21. The highest BCUT2D eigenvalue weighted by Gasteiger charge is 2.58. The fourth-order valence-electron chi connectivity index (χ4n) is 5.21. The van der Waals surface area contributed by atoms with Gasteiger partial charge in [0.25, 0.3) is 5.91 Å². The SMILES string of the molecule is CSc1nnc(SCC2(C(=O)OC(c3ccccc3)c3ccccc3)CS[C@@H]3C(NC(=O)C(=CCl)c4csc(NC=O)n4)C(=O)N3C2)s1. The number of ether oxygens (including phenoxy) is 1. The smallest absolute Gasteiger partial charge is 0.316 e. The lowest BCUT2D eigenvalue weighted by Gasteiger charge is -2.54. The largest absolute Gasteiger partial charge is 0.452 e. The van der Waals surface area contributed by atoms with Gasteiger partial charge in [-0.05, 0) is 17.4 Å². The van der Waals surface area contributed by atoms with Crippen molar-refractivity contribution >= 4 is 104 Å². The number of thioether (sulfide) groups is 3. The van der Waals surface area contributed by atoms with E-state index in [1.54, 1.807) is 10.3 Å². The minimum atomic E-state index is -1.08. The zero-order valence-corrected chi connectivity index (χ0v) is 29.9. The van der Waals surface area contributed by atoms with Crippen LogP contribution >= 0.6 is 69.6 Å². The number of halogens is 1. The van der Waals surface area contributed by atoms with Gasteiger partial charge in [-0.2, -0.15) is 0 Å². The first-order chi connectivity index (χ1) is 23.4. The molecule has 2 N–H and O–H groups in total. The highest BCUT2D eigenvalue weighted by Crippen LogP contribution is 2.46. The van der Waals surface area contributed by atoms with Gasteiger partial charge in [-0.1, -0.05) is 107 Å². The van der Waals surface area contributed by atoms with Crippen LogP contribution in [-0.2, 0) is 23.9 Å². The Kier molecular flexibility index (Phi) is 11.1. The van der Waals surface area contributed by atoms with Gasteiger partial charge >= 0.3 is 5.97 Å². The second kappa shape index (κ2) is 15.4. The summed E-state index contributed by atoms with van der Waals surface area (Å²) in [6.45, 7) is 0.108. The third-order valence-corrected chi connectivity index (χ3v) is 13.5. The van der Waals surface area contributed by atoms with Gasteiger partial charge < -0.3 is 20.3 Å². The topological polar surface area (TPSA) is 143 Å². The van der Waals surface area contributed by atoms with E-state index in [1.165, 1.54) is 46.6 Å². The summed E-state index contributed by atoms with van der Waals surface area (Å²) in [5, 5.41) is 15.2. The van der Waals surface area contributed by atoms with Crippen molar-refractivity contribution in [3.63, 3.8) is 0 Å². The molecule has 4 heterocycles. The number of nitrogens with one attached hydrogen (secondary N) is 2. The quantitative estimate of drug-likeness (QED) is 0.0597. The van der Waals surface area contributed by atoms with Crippen molar-refractivity contribution < 1.29 is 23.9 Å². The van der Waals surface area contributed by atoms with Crippen molar-refractivity contribution in [2.75, 3.05) is 29.6 Å². The van der Waals surface area contributed by atoms with Gasteiger partial charge in [0.2, 0.25) is 12.3 Å². The number of nitrogens with zero attached hydrogens (tertiary/aromatic N) is 4. The Morgan fingerprint density at radius 3 is 2.44 bits per heavy atom. The Hall–Kier alpha value is -3.41. The fraction of sp³-hybridized carbons (Fsp3) is 0.258. The molecule has 3 atom stereocenters. The molecule has 48 heavy (non-hydrogen) atoms. The van der Waals surface area contributed by atoms with Crippen molar-refractivity contribution in [2.24, 2.45) is 5.41 Å². The maximum atomic E-state index is 14.4. The number of amides is 3. The molecule has 2 aliphatic heterocycles. The van der Waals surface area contributed by atoms with Crippen LogP contribution in [0.3, 0.4) is 0 Å². The summed E-state index contributed by atoms with van der Waals surface area (Å²) in [5.41, 5.74) is 2.00. The Morgan fingerprint density at radius 1 is 1.12 bits per heavy atom. The predicted octanol–water partition coefficient (Wildman–Crippen LogP) is 5.38. The molecule has 0 spiro atoms. The number of thiazole rings is 1. The maximum Gasteiger partial charge on any atom is 0.316 e. The van der Waals surface area contributed by atoms with Crippen LogP contribution in [0.25, 0.3) is 5.57 Å². The van der Waals surface area contributed by atoms with Gasteiger partial charge in [-0.3, -0.25) is 19.2 Å². The van der Waals surface area contributed by atoms with Crippen molar-refractivity contribution in [2.45, 2.75) is 26.2 Å². The van der Waals surface area contributed by atoms with Gasteiger partial charge in [-0.15, -0.1) is 33.3 Å². The summed E-state index contributed by atoms with van der Waals surface area (Å²) in [6, 6.07) is 18.3. The summed E-state index contributed by atoms with van der Waals surface area (Å²) in [4.78, 5) is 57.8. The van der Waals surface area contributed by atoms with Crippen LogP contribution in [0.1, 0.15) is 22.9 Å². The zero-order chi connectivity index (χ0) is 33.7. The molecule has 2 unspecified atom stereocenters. The summed E-state index contributed by atoms with van der Waals surface area (Å²) >= 11 is 12.9. The molecule has 2 fully saturated rings. The summed E-state index contributed by atoms with van der Waals surface area (Å²) in [7, 11) is 0. The van der Waals surface area contributed by atoms with Crippen molar-refractivity contribution in [1.82, 2.24) is 25.4 Å². The van der Waals surface area contributed by atoms with Crippen molar-refractivity contribution in [3.05, 3.63) is 88.4 Å². The Labute approximate surface area is 301 Å². The molecule has 2 aliphatic rings. The van der Waals surface area contributed by atoms with Crippen LogP contribution in [0.5, 0.6) is 0 Å². The average molecular weight is 759 g/mol. The summed E-state index contributed by atoms with van der Waals surface area (Å²) in [5.74, 6) is -0.667. The molecule has 2 saturated heterocycles. The number of aromatic nitrogens is 3. The van der Waals surface area contributed by atoms with E-state index >= 15 is 0 Å². The molecule has 248 valence electrons. The van der Waals surface area contributed by atoms with E-state index in [0.717, 1.165) is 36.7 Å². The van der Waals surface area contributed by atoms with Gasteiger partial charge in [0.15, 0.2) is 19.9 Å². The number of β-lactam (4-membered cyclic amide) rings is 1. The highest BCUT2D eigenvalue weighted by atomic mass is 35.5. The standard InChI is InChI=1S/C31H27ClN6O5S5/c1-44-29-36-37-30(48-29)47-16-31(27(42)43-23(18-8-4-2-5-9-18)19-10-6-3-7-11-19)14-38-25(41)22(26(38)46-15-31)35-24(40)20(12-32)21-13-45-28(34-21)33-17-39/h2-13,17,22-23,26H,14-16H2,1H3,(H,35,40)(H,33,34,39)/t22?,26-,31?/m1/s1. The van der Waals surface area contributed by atoms with E-state index in [2.05, 4.69) is 25.8 Å². The average Bonchev–Trinajstić information content (AvgIpc) is 3.79. The first kappa shape index (κ1) is 34.5. The first-order valence-corrected chi connectivity index (χ1v) is 19.8. The van der Waals surface area contributed by atoms with Crippen LogP contribution in [0.2, 0.25) is 0 Å². The molecule has 6 rings (SSSR count). The maximum absolute atomic E-state index is 14.4. The first-order valence-electron chi connectivity index (χ1n) is 14.4. The van der Waals surface area contributed by atoms with Gasteiger partial charge in [0.1, 0.15) is 16.8 Å². The number of carbonyl (C=O) groups is 4. The second-order valence-corrected chi connectivity index (χ2v) is 16.1. The molecule has 2 aromatic carbocycles. The zero-order valence-electron chi connectivity index (χ0n) is 25.1. The molecule has 2 aromatic heterocycles. The molecule has 0 saturated carbocycles. The van der Waals surface area contributed by atoms with Gasteiger partial charge in [0, 0.05) is 29.0 Å². The number of hydrogen-bond donors (Lipinski definition) is 2. The minimum absolute atomic E-state index is 0.0581. The molecule has 17 heteroatoms. The molecule has 4 aromatic rings. The number of hydrogen-bond acceptors (Lipinski definition) is 13. The van der Waals surface area contributed by atoms with E-state index < -0.39 is 34.8 Å². The molecular weight excluding hydrogens is 732 g/mol. The van der Waals surface area contributed by atoms with Crippen LogP contribution in [-0.4, -0.2) is 80.0 Å². The third kappa shape index (κ3) is 7.28. The van der Waals surface area contributed by atoms with Crippen LogP contribution in [0.4, 0.5) is 5.13 Å². The number of fused-ring (bicyclic) bond motifs is 1. The lowest BCUT2D eigenvalue weighted by molar-refractivity contribution is -0.164. The number of benzene rings is 2. The number of anilines is 1. The van der Waals surface area contributed by atoms with E-state index in [0.29, 0.717) is 23.0 Å². The molecule has 11 nitrogen and oxygen atoms in total. The van der Waals surface area contributed by atoms with Crippen LogP contribution in [0.15, 0.2) is 80.3 Å². The number of carbonyl (C=O) groups excluding carboxylic acids is 4. The molecule has 0 radical (unpaired) electrons. The van der Waals surface area contributed by atoms with Crippen LogP contribution < -0.4 is 10.6 Å². The molecule has 0 aliphatic carbocycles. The van der Waals surface area contributed by atoms with E-state index in [4.69, 9.17) is 16.3 Å². The highest BCUT2D eigenvalue weighted by molar-refractivity contribution is 8.03. The second-order valence-electron chi connectivity index (χ2n) is 10.7. The molecule has 0 bridgehead atoms. The summed E-state index contributed by atoms with van der Waals surface area (Å²) < 4.78 is 7.90. The van der Waals surface area contributed by atoms with Crippen molar-refractivity contribution in [1.29, 1.82) is 0 Å². The monoisotopic (exact) mass is 758 g/mol. The van der Waals surface area contributed by atoms with Crippen molar-refractivity contribution in [3.8, 4) is 0 Å². The lowest BCUT2D eigenvalue weighted by atomic mass is 9.88.